The molecule has 0 bridgehead atoms. The van der Waals surface area contributed by atoms with Gasteiger partial charge in [-0.25, -0.2) is 13.4 Å². The van der Waals surface area contributed by atoms with E-state index in [1.807, 2.05) is 0 Å². The molecule has 2 heterocycles. The van der Waals surface area contributed by atoms with Gasteiger partial charge < -0.3 is 10.3 Å². The summed E-state index contributed by atoms with van der Waals surface area (Å²) in [6.45, 7) is 1.78. The summed E-state index contributed by atoms with van der Waals surface area (Å²) in [6, 6.07) is 6.26. The van der Waals surface area contributed by atoms with E-state index < -0.39 is 10.0 Å². The average Bonchev–Trinajstić information content (AvgIpc) is 3.07. The fourth-order valence-corrected chi connectivity index (χ4v) is 4.57. The van der Waals surface area contributed by atoms with E-state index in [0.29, 0.717) is 24.7 Å². The molecule has 1 unspecified atom stereocenters. The zero-order valence-corrected chi connectivity index (χ0v) is 14.1. The van der Waals surface area contributed by atoms with Gasteiger partial charge >= 0.3 is 0 Å². The Bertz CT molecular complexity index is 731. The van der Waals surface area contributed by atoms with Crippen molar-refractivity contribution in [2.24, 2.45) is 0 Å². The molecule has 0 saturated carbocycles. The summed E-state index contributed by atoms with van der Waals surface area (Å²) >= 11 is 5.86. The Kier molecular flexibility index (Phi) is 5.01. The van der Waals surface area contributed by atoms with Gasteiger partial charge in [-0.3, -0.25) is 0 Å². The van der Waals surface area contributed by atoms with Crippen LogP contribution in [0.4, 0.5) is 0 Å². The van der Waals surface area contributed by atoms with E-state index in [9.17, 15) is 8.42 Å². The minimum Gasteiger partial charge on any atom is -0.348 e. The number of aryl methyl sites for hydroxylation is 1. The first-order valence-electron chi connectivity index (χ1n) is 7.53. The first kappa shape index (κ1) is 16.4. The molecular formula is C15H19ClN4O2S. The van der Waals surface area contributed by atoms with Crippen LogP contribution in [0.25, 0.3) is 0 Å². The number of rotatable bonds is 5. The van der Waals surface area contributed by atoms with E-state index in [1.54, 1.807) is 41.1 Å². The number of nitrogens with one attached hydrogen (secondary N) is 2. The molecular weight excluding hydrogens is 336 g/mol. The highest BCUT2D eigenvalue weighted by molar-refractivity contribution is 7.89. The third-order valence-electron chi connectivity index (χ3n) is 4.02. The summed E-state index contributed by atoms with van der Waals surface area (Å²) in [5, 5.41) is 3.80. The van der Waals surface area contributed by atoms with Crippen molar-refractivity contribution in [1.29, 1.82) is 0 Å². The molecule has 1 fully saturated rings. The van der Waals surface area contributed by atoms with Crippen LogP contribution in [0, 0.1) is 0 Å². The van der Waals surface area contributed by atoms with Crippen LogP contribution in [0.15, 0.2) is 41.7 Å². The molecule has 1 saturated heterocycles. The van der Waals surface area contributed by atoms with Crippen molar-refractivity contribution in [3.8, 4) is 0 Å². The zero-order valence-electron chi connectivity index (χ0n) is 12.6. The molecule has 0 aliphatic carbocycles. The van der Waals surface area contributed by atoms with Gasteiger partial charge in [-0.2, -0.15) is 4.31 Å². The minimum atomic E-state index is -3.51. The summed E-state index contributed by atoms with van der Waals surface area (Å²) in [7, 11) is -3.51. The molecule has 1 aromatic carbocycles. The van der Waals surface area contributed by atoms with Gasteiger partial charge in [0.15, 0.2) is 0 Å². The third-order valence-corrected chi connectivity index (χ3v) is 6.24. The predicted octanol–water partition coefficient (Wildman–Crippen LogP) is 1.66. The Morgan fingerprint density at radius 3 is 2.78 bits per heavy atom. The highest BCUT2D eigenvalue weighted by Crippen LogP contribution is 2.23. The van der Waals surface area contributed by atoms with Crippen molar-refractivity contribution in [3.05, 3.63) is 47.5 Å². The molecule has 1 aromatic heterocycles. The number of halogens is 1. The van der Waals surface area contributed by atoms with E-state index in [4.69, 9.17) is 11.6 Å². The second kappa shape index (κ2) is 7.00. The maximum atomic E-state index is 12.9. The van der Waals surface area contributed by atoms with E-state index >= 15 is 0 Å². The van der Waals surface area contributed by atoms with Gasteiger partial charge in [0.2, 0.25) is 10.0 Å². The smallest absolute Gasteiger partial charge is 0.243 e. The van der Waals surface area contributed by atoms with Crippen LogP contribution in [0.2, 0.25) is 5.02 Å². The van der Waals surface area contributed by atoms with Gasteiger partial charge in [-0.1, -0.05) is 11.6 Å². The highest BCUT2D eigenvalue weighted by atomic mass is 35.5. The number of benzene rings is 1. The van der Waals surface area contributed by atoms with E-state index in [0.717, 1.165) is 18.5 Å². The van der Waals surface area contributed by atoms with E-state index in [2.05, 4.69) is 15.3 Å². The maximum absolute atomic E-state index is 12.9. The van der Waals surface area contributed by atoms with Gasteiger partial charge in [0.1, 0.15) is 0 Å². The highest BCUT2D eigenvalue weighted by Gasteiger charge is 2.33. The summed E-state index contributed by atoms with van der Waals surface area (Å²) in [6.07, 6.45) is 4.91. The molecule has 0 radical (unpaired) electrons. The van der Waals surface area contributed by atoms with E-state index in [-0.39, 0.29) is 10.9 Å². The lowest BCUT2D eigenvalue weighted by Gasteiger charge is -2.35. The SMILES string of the molecule is O=S(=O)(c1ccc(Cl)cc1)N1CCNCC1CCc1cnc[nH]1. The molecule has 1 atom stereocenters. The molecule has 0 spiro atoms. The van der Waals surface area contributed by atoms with Crippen molar-refractivity contribution in [2.45, 2.75) is 23.8 Å². The van der Waals surface area contributed by atoms with Crippen LogP contribution >= 0.6 is 11.6 Å². The lowest BCUT2D eigenvalue weighted by Crippen LogP contribution is -2.53. The quantitative estimate of drug-likeness (QED) is 0.856. The number of H-pyrrole nitrogens is 1. The molecule has 0 amide bonds. The number of aromatic amines is 1. The normalized spacial score (nSPS) is 19.8. The molecule has 6 nitrogen and oxygen atoms in total. The van der Waals surface area contributed by atoms with Crippen molar-refractivity contribution in [1.82, 2.24) is 19.6 Å². The third kappa shape index (κ3) is 3.74. The van der Waals surface area contributed by atoms with Crippen LogP contribution in [0.1, 0.15) is 12.1 Å². The average molecular weight is 355 g/mol. The Hall–Kier alpha value is -1.41. The topological polar surface area (TPSA) is 78.1 Å². The molecule has 1 aliphatic rings. The lowest BCUT2D eigenvalue weighted by molar-refractivity contribution is 0.255. The summed E-state index contributed by atoms with van der Waals surface area (Å²) in [5.74, 6) is 0. The second-order valence-electron chi connectivity index (χ2n) is 5.54. The van der Waals surface area contributed by atoms with Crippen molar-refractivity contribution in [2.75, 3.05) is 19.6 Å². The van der Waals surface area contributed by atoms with Gasteiger partial charge in [0.25, 0.3) is 0 Å². The second-order valence-corrected chi connectivity index (χ2v) is 7.87. The number of nitrogens with zero attached hydrogens (tertiary/aromatic N) is 2. The Labute approximate surface area is 140 Å². The largest absolute Gasteiger partial charge is 0.348 e. The first-order valence-corrected chi connectivity index (χ1v) is 9.34. The molecule has 23 heavy (non-hydrogen) atoms. The number of hydrogen-bond acceptors (Lipinski definition) is 4. The summed E-state index contributed by atoms with van der Waals surface area (Å²) in [5.41, 5.74) is 1.01. The van der Waals surface area contributed by atoms with Crippen LogP contribution < -0.4 is 5.32 Å². The molecule has 2 N–H and O–H groups in total. The van der Waals surface area contributed by atoms with Crippen LogP contribution in [-0.2, 0) is 16.4 Å². The summed E-state index contributed by atoms with van der Waals surface area (Å²) < 4.78 is 27.4. The summed E-state index contributed by atoms with van der Waals surface area (Å²) in [4.78, 5) is 7.34. The number of sulfonamides is 1. The van der Waals surface area contributed by atoms with E-state index in [1.165, 1.54) is 0 Å². The number of aromatic nitrogens is 2. The Balaban J connectivity index is 1.78. The van der Waals surface area contributed by atoms with Crippen molar-refractivity contribution in [3.63, 3.8) is 0 Å². The van der Waals surface area contributed by atoms with Crippen LogP contribution in [0.3, 0.4) is 0 Å². The van der Waals surface area contributed by atoms with Crippen LogP contribution in [0.5, 0.6) is 0 Å². The van der Waals surface area contributed by atoms with Crippen molar-refractivity contribution < 1.29 is 8.42 Å². The number of imidazole rings is 1. The standard InChI is InChI=1S/C15H19ClN4O2S/c16-12-1-5-15(6-2-12)23(21,22)20-8-7-17-10-14(20)4-3-13-9-18-11-19-13/h1-2,5-6,9,11,14,17H,3-4,7-8,10H2,(H,18,19). The Morgan fingerprint density at radius 1 is 1.30 bits per heavy atom. The first-order chi connectivity index (χ1) is 11.1. The molecule has 3 rings (SSSR count). The molecule has 1 aliphatic heterocycles. The van der Waals surface area contributed by atoms with Gasteiger partial charge in [-0.05, 0) is 37.1 Å². The van der Waals surface area contributed by atoms with Crippen molar-refractivity contribution >= 4 is 21.6 Å². The number of piperazine rings is 1. The Morgan fingerprint density at radius 2 is 2.09 bits per heavy atom. The fourth-order valence-electron chi connectivity index (χ4n) is 2.79. The van der Waals surface area contributed by atoms with Gasteiger partial charge in [-0.15, -0.1) is 0 Å². The monoisotopic (exact) mass is 354 g/mol. The number of hydrogen-bond donors (Lipinski definition) is 2. The van der Waals surface area contributed by atoms with Gasteiger partial charge in [0.05, 0.1) is 11.2 Å². The minimum absolute atomic E-state index is 0.0762. The van der Waals surface area contributed by atoms with Crippen LogP contribution in [-0.4, -0.2) is 48.4 Å². The zero-order chi connectivity index (χ0) is 16.3. The fraction of sp³-hybridized carbons (Fsp3) is 0.400. The molecule has 8 heteroatoms. The maximum Gasteiger partial charge on any atom is 0.243 e. The predicted molar refractivity (Wildman–Crippen MR) is 88.9 cm³/mol. The molecule has 2 aromatic rings. The van der Waals surface area contributed by atoms with Gasteiger partial charge in [0, 0.05) is 42.6 Å². The lowest BCUT2D eigenvalue weighted by atomic mass is 10.1. The molecule has 124 valence electrons.